The number of nitrogens with one attached hydrogen (secondary N) is 1. The zero-order valence-corrected chi connectivity index (χ0v) is 22.0. The van der Waals surface area contributed by atoms with Crippen molar-refractivity contribution in [2.45, 2.75) is 31.9 Å². The van der Waals surface area contributed by atoms with Crippen molar-refractivity contribution < 1.29 is 27.4 Å². The fourth-order valence-corrected chi connectivity index (χ4v) is 4.49. The number of benzene rings is 3. The Morgan fingerprint density at radius 1 is 0.947 bits per heavy atom. The van der Waals surface area contributed by atoms with E-state index in [4.69, 9.17) is 33.3 Å². The van der Waals surface area contributed by atoms with E-state index in [0.717, 1.165) is 66.3 Å². The molecular weight excluding hydrogens is 537 g/mol. The second-order valence-electron chi connectivity index (χ2n) is 8.70. The average Bonchev–Trinajstić information content (AvgIpc) is 3.34. The lowest BCUT2D eigenvalue weighted by molar-refractivity contribution is -0.137. The number of hydrogen-bond acceptors (Lipinski definition) is 4. The van der Waals surface area contributed by atoms with Gasteiger partial charge < -0.3 is 14.4 Å². The predicted octanol–water partition coefficient (Wildman–Crippen LogP) is 7.06. The van der Waals surface area contributed by atoms with Crippen LogP contribution in [0.3, 0.4) is 0 Å². The first-order chi connectivity index (χ1) is 18.2. The predicted molar refractivity (Wildman–Crippen MR) is 145 cm³/mol. The Kier molecular flexibility index (Phi) is 9.12. The first-order valence-corrected chi connectivity index (χ1v) is 12.9. The highest BCUT2D eigenvalue weighted by Gasteiger charge is 2.30. The van der Waals surface area contributed by atoms with Gasteiger partial charge in [-0.15, -0.1) is 0 Å². The van der Waals surface area contributed by atoms with Crippen LogP contribution >= 0.6 is 23.8 Å². The maximum atomic E-state index is 12.8. The summed E-state index contributed by atoms with van der Waals surface area (Å²) < 4.78 is 50.1. The Labute approximate surface area is 229 Å². The topological polar surface area (TPSA) is 50.8 Å². The number of anilines is 1. The van der Waals surface area contributed by atoms with E-state index in [-0.39, 0.29) is 10.7 Å². The molecule has 0 atom stereocenters. The van der Waals surface area contributed by atoms with E-state index < -0.39 is 17.6 Å². The highest BCUT2D eigenvalue weighted by molar-refractivity contribution is 7.80. The first kappa shape index (κ1) is 27.7. The summed E-state index contributed by atoms with van der Waals surface area (Å²) in [6, 6.07) is 17.0. The molecule has 1 heterocycles. The van der Waals surface area contributed by atoms with E-state index in [0.29, 0.717) is 31.2 Å². The molecule has 3 aromatic carbocycles. The van der Waals surface area contributed by atoms with Gasteiger partial charge in [0.15, 0.2) is 5.11 Å². The third-order valence-electron chi connectivity index (χ3n) is 6.05. The maximum Gasteiger partial charge on any atom is 0.416 e. The standard InChI is InChI=1S/C28H26ClF3N2O3S/c29-21-11-13-22(14-12-21)36-17-2-1-3-18-37-25-6-4-5-24-23(25)15-16-34(24)27(38)33-26(35)19-7-9-20(10-8-19)28(30,31)32/h4-14H,1-3,15-18H2,(H,33,35,38). The number of fused-ring (bicyclic) bond motifs is 1. The molecule has 0 spiro atoms. The number of carbonyl (C=O) groups is 1. The maximum absolute atomic E-state index is 12.8. The number of halogens is 4. The lowest BCUT2D eigenvalue weighted by Crippen LogP contribution is -2.42. The van der Waals surface area contributed by atoms with Gasteiger partial charge in [-0.05, 0) is 98.6 Å². The lowest BCUT2D eigenvalue weighted by Gasteiger charge is -2.21. The zero-order chi connectivity index (χ0) is 27.1. The summed E-state index contributed by atoms with van der Waals surface area (Å²) in [7, 11) is 0. The summed E-state index contributed by atoms with van der Waals surface area (Å²) in [6.07, 6.45) is -1.04. The second-order valence-corrected chi connectivity index (χ2v) is 9.52. The van der Waals surface area contributed by atoms with Gasteiger partial charge in [0.25, 0.3) is 5.91 Å². The van der Waals surface area contributed by atoms with Crippen LogP contribution in [0.4, 0.5) is 18.9 Å². The fraction of sp³-hybridized carbons (Fsp3) is 0.286. The monoisotopic (exact) mass is 562 g/mol. The van der Waals surface area contributed by atoms with Gasteiger partial charge in [0.05, 0.1) is 24.5 Å². The second kappa shape index (κ2) is 12.5. The molecule has 5 nitrogen and oxygen atoms in total. The third kappa shape index (κ3) is 7.17. The van der Waals surface area contributed by atoms with Crippen molar-refractivity contribution in [2.24, 2.45) is 0 Å². The minimum atomic E-state index is -4.46. The Bertz CT molecular complexity index is 1270. The van der Waals surface area contributed by atoms with E-state index in [2.05, 4.69) is 5.32 Å². The van der Waals surface area contributed by atoms with Crippen molar-refractivity contribution in [2.75, 3.05) is 24.7 Å². The van der Waals surface area contributed by atoms with Crippen molar-refractivity contribution in [3.8, 4) is 11.5 Å². The van der Waals surface area contributed by atoms with Crippen LogP contribution in [0, 0.1) is 0 Å². The summed E-state index contributed by atoms with van der Waals surface area (Å²) in [6.45, 7) is 1.74. The van der Waals surface area contributed by atoms with Crippen LogP contribution in [-0.4, -0.2) is 30.8 Å². The van der Waals surface area contributed by atoms with Gasteiger partial charge in [0.1, 0.15) is 11.5 Å². The molecule has 1 aliphatic rings. The molecule has 4 rings (SSSR count). The molecule has 1 aliphatic heterocycles. The van der Waals surface area contributed by atoms with Crippen molar-refractivity contribution in [3.63, 3.8) is 0 Å². The molecule has 38 heavy (non-hydrogen) atoms. The molecular formula is C28H26ClF3N2O3S. The van der Waals surface area contributed by atoms with E-state index in [9.17, 15) is 18.0 Å². The summed E-state index contributed by atoms with van der Waals surface area (Å²) in [4.78, 5) is 14.3. The molecule has 0 unspecified atom stereocenters. The molecule has 0 saturated carbocycles. The number of nitrogens with zero attached hydrogens (tertiary/aromatic N) is 1. The summed E-state index contributed by atoms with van der Waals surface area (Å²) in [5.74, 6) is 1.01. The molecule has 3 aromatic rings. The van der Waals surface area contributed by atoms with Gasteiger partial charge in [0, 0.05) is 22.7 Å². The minimum absolute atomic E-state index is 0.0930. The molecule has 0 aromatic heterocycles. The number of ether oxygens (including phenoxy) is 2. The van der Waals surface area contributed by atoms with Crippen LogP contribution in [0.1, 0.15) is 40.7 Å². The smallest absolute Gasteiger partial charge is 0.416 e. The van der Waals surface area contributed by atoms with Crippen molar-refractivity contribution in [1.29, 1.82) is 0 Å². The van der Waals surface area contributed by atoms with Crippen molar-refractivity contribution >= 4 is 40.5 Å². The molecule has 1 N–H and O–H groups in total. The Morgan fingerprint density at radius 2 is 1.63 bits per heavy atom. The molecule has 10 heteroatoms. The van der Waals surface area contributed by atoms with Gasteiger partial charge in [-0.2, -0.15) is 13.2 Å². The number of carbonyl (C=O) groups excluding carboxylic acids is 1. The zero-order valence-electron chi connectivity index (χ0n) is 20.4. The molecule has 0 bridgehead atoms. The van der Waals surface area contributed by atoms with Crippen LogP contribution in [0.2, 0.25) is 5.02 Å². The fourth-order valence-electron chi connectivity index (χ4n) is 4.08. The van der Waals surface area contributed by atoms with Crippen LogP contribution in [0.25, 0.3) is 0 Å². The van der Waals surface area contributed by atoms with E-state index in [1.165, 1.54) is 0 Å². The first-order valence-electron chi connectivity index (χ1n) is 12.2. The van der Waals surface area contributed by atoms with Crippen molar-refractivity contribution in [1.82, 2.24) is 5.32 Å². The van der Waals surface area contributed by atoms with Gasteiger partial charge in [-0.1, -0.05) is 17.7 Å². The van der Waals surface area contributed by atoms with Gasteiger partial charge in [-0.25, -0.2) is 0 Å². The number of rotatable bonds is 9. The van der Waals surface area contributed by atoms with Crippen LogP contribution in [-0.2, 0) is 12.6 Å². The average molecular weight is 563 g/mol. The molecule has 0 aliphatic carbocycles. The summed E-state index contributed by atoms with van der Waals surface area (Å²) >= 11 is 11.3. The molecule has 0 radical (unpaired) electrons. The normalized spacial score (nSPS) is 12.7. The summed E-state index contributed by atoms with van der Waals surface area (Å²) in [5, 5.41) is 3.48. The van der Waals surface area contributed by atoms with Crippen LogP contribution in [0.5, 0.6) is 11.5 Å². The van der Waals surface area contributed by atoms with Crippen LogP contribution in [0.15, 0.2) is 66.7 Å². The SMILES string of the molecule is O=C(NC(=S)N1CCc2c(OCCCCCOc3ccc(Cl)cc3)cccc21)c1ccc(C(F)(F)F)cc1. The third-order valence-corrected chi connectivity index (χ3v) is 6.63. The van der Waals surface area contributed by atoms with Gasteiger partial charge in [-0.3, -0.25) is 10.1 Å². The van der Waals surface area contributed by atoms with Crippen LogP contribution < -0.4 is 19.7 Å². The van der Waals surface area contributed by atoms with E-state index >= 15 is 0 Å². The Morgan fingerprint density at radius 3 is 2.32 bits per heavy atom. The number of amides is 1. The van der Waals surface area contributed by atoms with E-state index in [1.807, 2.05) is 30.3 Å². The molecule has 1 amide bonds. The molecule has 0 fully saturated rings. The van der Waals surface area contributed by atoms with Gasteiger partial charge >= 0.3 is 6.18 Å². The Balaban J connectivity index is 1.24. The highest BCUT2D eigenvalue weighted by Crippen LogP contribution is 2.35. The molecule has 0 saturated heterocycles. The van der Waals surface area contributed by atoms with Crippen molar-refractivity contribution in [3.05, 3.63) is 88.4 Å². The van der Waals surface area contributed by atoms with E-state index in [1.54, 1.807) is 17.0 Å². The Hall–Kier alpha value is -3.30. The summed E-state index contributed by atoms with van der Waals surface area (Å²) in [5.41, 5.74) is 1.13. The number of thiocarbonyl (C=S) groups is 1. The number of hydrogen-bond donors (Lipinski definition) is 1. The molecule has 200 valence electrons. The number of alkyl halides is 3. The lowest BCUT2D eigenvalue weighted by atomic mass is 10.1. The van der Waals surface area contributed by atoms with Gasteiger partial charge in [0.2, 0.25) is 0 Å². The minimum Gasteiger partial charge on any atom is -0.494 e. The largest absolute Gasteiger partial charge is 0.494 e. The highest BCUT2D eigenvalue weighted by atomic mass is 35.5. The quantitative estimate of drug-likeness (QED) is 0.223. The number of unbranched alkanes of at least 4 members (excludes halogenated alkanes) is 2.